The summed E-state index contributed by atoms with van der Waals surface area (Å²) in [5.74, 6) is 0.583. The Balaban J connectivity index is 2.36. The Bertz CT molecular complexity index is 540. The largest absolute Gasteiger partial charge is 0.309 e. The number of aryl methyl sites for hydroxylation is 1. The van der Waals surface area contributed by atoms with Crippen LogP contribution in [0.4, 0.5) is 0 Å². The zero-order chi connectivity index (χ0) is 14.5. The van der Waals surface area contributed by atoms with Crippen molar-refractivity contribution in [1.29, 1.82) is 0 Å². The van der Waals surface area contributed by atoms with Gasteiger partial charge in [0.05, 0.1) is 6.04 Å². The van der Waals surface area contributed by atoms with E-state index in [1.54, 1.807) is 0 Å². The van der Waals surface area contributed by atoms with Crippen molar-refractivity contribution in [3.05, 3.63) is 70.8 Å². The fourth-order valence-electron chi connectivity index (χ4n) is 2.71. The van der Waals surface area contributed by atoms with E-state index in [1.807, 2.05) is 7.05 Å². The lowest BCUT2D eigenvalue weighted by Crippen LogP contribution is -2.19. The van der Waals surface area contributed by atoms with E-state index in [1.165, 1.54) is 22.3 Å². The van der Waals surface area contributed by atoms with Gasteiger partial charge in [-0.05, 0) is 41.6 Å². The second-order valence-corrected chi connectivity index (χ2v) is 5.60. The molecule has 106 valence electrons. The highest BCUT2D eigenvalue weighted by Gasteiger charge is 2.14. The zero-order valence-electron chi connectivity index (χ0n) is 13.0. The minimum absolute atomic E-state index is 0.271. The standard InChI is InChI=1S/C19H25N/c1-5-15-8-6-7-9-18(15)19(20-4)17-12-10-16(11-13-17)14(2)3/h6-14,19-20H,5H2,1-4H3. The van der Waals surface area contributed by atoms with Crippen molar-refractivity contribution in [3.8, 4) is 0 Å². The maximum absolute atomic E-state index is 3.46. The Labute approximate surface area is 123 Å². The van der Waals surface area contributed by atoms with Crippen LogP contribution in [0, 0.1) is 0 Å². The molecule has 0 aliphatic rings. The molecular weight excluding hydrogens is 242 g/mol. The molecule has 20 heavy (non-hydrogen) atoms. The summed E-state index contributed by atoms with van der Waals surface area (Å²) in [6, 6.07) is 18.0. The average molecular weight is 267 g/mol. The fraction of sp³-hybridized carbons (Fsp3) is 0.368. The van der Waals surface area contributed by atoms with E-state index in [0.717, 1.165) is 6.42 Å². The van der Waals surface area contributed by atoms with E-state index in [-0.39, 0.29) is 6.04 Å². The molecule has 0 aromatic heterocycles. The van der Waals surface area contributed by atoms with Crippen molar-refractivity contribution in [2.75, 3.05) is 7.05 Å². The Morgan fingerprint density at radius 2 is 1.50 bits per heavy atom. The van der Waals surface area contributed by atoms with E-state index in [0.29, 0.717) is 5.92 Å². The van der Waals surface area contributed by atoms with Crippen LogP contribution in [-0.2, 0) is 6.42 Å². The molecule has 1 unspecified atom stereocenters. The smallest absolute Gasteiger partial charge is 0.0576 e. The lowest BCUT2D eigenvalue weighted by Gasteiger charge is -2.21. The molecule has 0 spiro atoms. The van der Waals surface area contributed by atoms with E-state index < -0.39 is 0 Å². The van der Waals surface area contributed by atoms with Gasteiger partial charge in [-0.25, -0.2) is 0 Å². The minimum Gasteiger partial charge on any atom is -0.309 e. The third kappa shape index (κ3) is 3.10. The van der Waals surface area contributed by atoms with Gasteiger partial charge in [0.2, 0.25) is 0 Å². The second-order valence-electron chi connectivity index (χ2n) is 5.60. The highest BCUT2D eigenvalue weighted by Crippen LogP contribution is 2.26. The van der Waals surface area contributed by atoms with Gasteiger partial charge in [0.25, 0.3) is 0 Å². The summed E-state index contributed by atoms with van der Waals surface area (Å²) in [6.45, 7) is 6.68. The van der Waals surface area contributed by atoms with Crippen molar-refractivity contribution < 1.29 is 0 Å². The zero-order valence-corrected chi connectivity index (χ0v) is 13.0. The molecule has 0 radical (unpaired) electrons. The summed E-state index contributed by atoms with van der Waals surface area (Å²) < 4.78 is 0. The summed E-state index contributed by atoms with van der Waals surface area (Å²) in [4.78, 5) is 0. The van der Waals surface area contributed by atoms with Gasteiger partial charge >= 0.3 is 0 Å². The van der Waals surface area contributed by atoms with Crippen LogP contribution >= 0.6 is 0 Å². The molecule has 0 aliphatic carbocycles. The first-order chi connectivity index (χ1) is 9.67. The van der Waals surface area contributed by atoms with Gasteiger partial charge in [-0.2, -0.15) is 0 Å². The lowest BCUT2D eigenvalue weighted by molar-refractivity contribution is 0.683. The fourth-order valence-corrected chi connectivity index (χ4v) is 2.71. The van der Waals surface area contributed by atoms with Crippen LogP contribution in [0.1, 0.15) is 55.0 Å². The molecule has 1 heteroatoms. The Hall–Kier alpha value is -1.60. The number of rotatable bonds is 5. The molecule has 0 heterocycles. The normalized spacial score (nSPS) is 12.7. The predicted octanol–water partition coefficient (Wildman–Crippen LogP) is 4.68. The maximum Gasteiger partial charge on any atom is 0.0576 e. The van der Waals surface area contributed by atoms with Crippen LogP contribution in [0.2, 0.25) is 0 Å². The molecule has 2 aromatic rings. The van der Waals surface area contributed by atoms with Crippen molar-refractivity contribution in [2.45, 2.75) is 39.2 Å². The molecule has 1 nitrogen and oxygen atoms in total. The van der Waals surface area contributed by atoms with Crippen molar-refractivity contribution in [3.63, 3.8) is 0 Å². The highest BCUT2D eigenvalue weighted by atomic mass is 14.9. The molecule has 0 amide bonds. The molecule has 2 rings (SSSR count). The van der Waals surface area contributed by atoms with Gasteiger partial charge < -0.3 is 5.32 Å². The predicted molar refractivity (Wildman–Crippen MR) is 87.3 cm³/mol. The number of hydrogen-bond acceptors (Lipinski definition) is 1. The van der Waals surface area contributed by atoms with Crippen LogP contribution in [0.15, 0.2) is 48.5 Å². The monoisotopic (exact) mass is 267 g/mol. The molecule has 1 atom stereocenters. The van der Waals surface area contributed by atoms with E-state index >= 15 is 0 Å². The number of benzene rings is 2. The summed E-state index contributed by atoms with van der Waals surface area (Å²) in [7, 11) is 2.04. The third-order valence-electron chi connectivity index (χ3n) is 3.97. The first-order valence-electron chi connectivity index (χ1n) is 7.52. The Morgan fingerprint density at radius 3 is 2.05 bits per heavy atom. The van der Waals surface area contributed by atoms with Crippen LogP contribution < -0.4 is 5.32 Å². The first-order valence-corrected chi connectivity index (χ1v) is 7.52. The van der Waals surface area contributed by atoms with Gasteiger partial charge in [0.15, 0.2) is 0 Å². The Morgan fingerprint density at radius 1 is 0.900 bits per heavy atom. The third-order valence-corrected chi connectivity index (χ3v) is 3.97. The Kier molecular flexibility index (Phi) is 4.97. The SMILES string of the molecule is CCc1ccccc1C(NC)c1ccc(C(C)C)cc1. The molecule has 0 bridgehead atoms. The van der Waals surface area contributed by atoms with Crippen molar-refractivity contribution >= 4 is 0 Å². The molecule has 0 saturated heterocycles. The molecule has 1 N–H and O–H groups in total. The summed E-state index contributed by atoms with van der Waals surface area (Å²) >= 11 is 0. The molecule has 2 aromatic carbocycles. The summed E-state index contributed by atoms with van der Waals surface area (Å²) in [5.41, 5.74) is 5.53. The van der Waals surface area contributed by atoms with Crippen LogP contribution in [0.3, 0.4) is 0 Å². The van der Waals surface area contributed by atoms with Crippen LogP contribution in [0.5, 0.6) is 0 Å². The van der Waals surface area contributed by atoms with Crippen molar-refractivity contribution in [2.24, 2.45) is 0 Å². The topological polar surface area (TPSA) is 12.0 Å². The van der Waals surface area contributed by atoms with Gasteiger partial charge in [0.1, 0.15) is 0 Å². The number of hydrogen-bond donors (Lipinski definition) is 1. The van der Waals surface area contributed by atoms with E-state index in [4.69, 9.17) is 0 Å². The van der Waals surface area contributed by atoms with Crippen LogP contribution in [0.25, 0.3) is 0 Å². The molecule has 0 saturated carbocycles. The summed E-state index contributed by atoms with van der Waals surface area (Å²) in [6.07, 6.45) is 1.07. The molecule has 0 aliphatic heterocycles. The maximum atomic E-state index is 3.46. The molecule has 0 fully saturated rings. The number of nitrogens with one attached hydrogen (secondary N) is 1. The first kappa shape index (κ1) is 14.8. The lowest BCUT2D eigenvalue weighted by atomic mass is 9.92. The van der Waals surface area contributed by atoms with Gasteiger partial charge in [-0.15, -0.1) is 0 Å². The summed E-state index contributed by atoms with van der Waals surface area (Å²) in [5, 5.41) is 3.46. The molecular formula is C19H25N. The highest BCUT2D eigenvalue weighted by molar-refractivity contribution is 5.38. The van der Waals surface area contributed by atoms with Gasteiger partial charge in [-0.3, -0.25) is 0 Å². The minimum atomic E-state index is 0.271. The van der Waals surface area contributed by atoms with Gasteiger partial charge in [-0.1, -0.05) is 69.3 Å². The van der Waals surface area contributed by atoms with E-state index in [9.17, 15) is 0 Å². The average Bonchev–Trinajstić information content (AvgIpc) is 2.49. The van der Waals surface area contributed by atoms with E-state index in [2.05, 4.69) is 74.6 Å². The van der Waals surface area contributed by atoms with Gasteiger partial charge in [0, 0.05) is 0 Å². The quantitative estimate of drug-likeness (QED) is 0.829. The second kappa shape index (κ2) is 6.71. The van der Waals surface area contributed by atoms with Crippen molar-refractivity contribution in [1.82, 2.24) is 5.32 Å². The van der Waals surface area contributed by atoms with Crippen LogP contribution in [-0.4, -0.2) is 7.05 Å².